The summed E-state index contributed by atoms with van der Waals surface area (Å²) < 4.78 is 24.4. The van der Waals surface area contributed by atoms with Gasteiger partial charge >= 0.3 is 0 Å². The molecule has 1 aliphatic heterocycles. The van der Waals surface area contributed by atoms with Crippen molar-refractivity contribution in [3.05, 3.63) is 95.3 Å². The van der Waals surface area contributed by atoms with Gasteiger partial charge in [-0.05, 0) is 42.0 Å². The molecule has 0 N–H and O–H groups in total. The fraction of sp³-hybridized carbons (Fsp3) is 0.259. The van der Waals surface area contributed by atoms with E-state index in [9.17, 15) is 14.0 Å². The molecule has 1 unspecified atom stereocenters. The van der Waals surface area contributed by atoms with Crippen LogP contribution >= 0.6 is 0 Å². The number of hydrogen-bond acceptors (Lipinski definition) is 4. The number of piperazine rings is 1. The van der Waals surface area contributed by atoms with Crippen molar-refractivity contribution in [1.82, 2.24) is 9.80 Å². The average molecular weight is 463 g/mol. The second kappa shape index (κ2) is 10.4. The number of methoxy groups -OCH3 is 1. The molecule has 1 saturated heterocycles. The van der Waals surface area contributed by atoms with Gasteiger partial charge in [0.05, 0.1) is 13.2 Å². The second-order valence-electron chi connectivity index (χ2n) is 8.16. The molecule has 176 valence electrons. The summed E-state index contributed by atoms with van der Waals surface area (Å²) in [6.07, 6.45) is 0. The van der Waals surface area contributed by atoms with Crippen molar-refractivity contribution >= 4 is 11.8 Å². The Bertz CT molecular complexity index is 1170. The van der Waals surface area contributed by atoms with Gasteiger partial charge in [0.15, 0.2) is 0 Å². The van der Waals surface area contributed by atoms with E-state index in [1.165, 1.54) is 12.1 Å². The van der Waals surface area contributed by atoms with Crippen molar-refractivity contribution in [1.29, 1.82) is 0 Å². The van der Waals surface area contributed by atoms with Crippen molar-refractivity contribution in [3.63, 3.8) is 0 Å². The molecule has 1 atom stereocenters. The molecule has 6 nitrogen and oxygen atoms in total. The summed E-state index contributed by atoms with van der Waals surface area (Å²) in [4.78, 5) is 29.2. The summed E-state index contributed by atoms with van der Waals surface area (Å²) in [5.41, 5.74) is 2.21. The maximum atomic E-state index is 13.4. The first-order valence-electron chi connectivity index (χ1n) is 11.1. The number of benzene rings is 3. The van der Waals surface area contributed by atoms with Crippen LogP contribution in [0.2, 0.25) is 0 Å². The predicted molar refractivity (Wildman–Crippen MR) is 126 cm³/mol. The number of carbonyl (C=O) groups is 2. The van der Waals surface area contributed by atoms with Crippen LogP contribution in [-0.4, -0.2) is 48.4 Å². The van der Waals surface area contributed by atoms with Crippen molar-refractivity contribution in [3.8, 4) is 11.5 Å². The number of ether oxygens (including phenoxy) is 2. The lowest BCUT2D eigenvalue weighted by molar-refractivity contribution is -0.133. The van der Waals surface area contributed by atoms with E-state index >= 15 is 0 Å². The van der Waals surface area contributed by atoms with Gasteiger partial charge in [-0.25, -0.2) is 4.39 Å². The number of amides is 2. The van der Waals surface area contributed by atoms with Crippen LogP contribution in [-0.2, 0) is 11.4 Å². The van der Waals surface area contributed by atoms with Crippen LogP contribution in [0.25, 0.3) is 0 Å². The number of para-hydroxylation sites is 1. The lowest BCUT2D eigenvalue weighted by Gasteiger charge is -2.41. The molecule has 3 aromatic rings. The number of carbonyl (C=O) groups excluding carboxylic acids is 2. The summed E-state index contributed by atoms with van der Waals surface area (Å²) in [6, 6.07) is 20.4. The van der Waals surface area contributed by atoms with Crippen molar-refractivity contribution in [2.75, 3.05) is 26.7 Å². The minimum Gasteiger partial charge on any atom is -0.496 e. The molecular formula is C27H27FN2O4. The minimum absolute atomic E-state index is 0.0424. The van der Waals surface area contributed by atoms with E-state index in [4.69, 9.17) is 9.47 Å². The SMILES string of the molecule is COc1ccccc1C1CN(C(=O)c2cccc(OCc3ccc(F)cc3)c2)CCN1C(C)=O. The van der Waals surface area contributed by atoms with Gasteiger partial charge in [-0.3, -0.25) is 9.59 Å². The molecule has 0 aromatic heterocycles. The van der Waals surface area contributed by atoms with Gasteiger partial charge in [-0.2, -0.15) is 0 Å². The summed E-state index contributed by atoms with van der Waals surface area (Å²) in [7, 11) is 1.60. The lowest BCUT2D eigenvalue weighted by Crippen LogP contribution is -2.51. The fourth-order valence-corrected chi connectivity index (χ4v) is 4.20. The monoisotopic (exact) mass is 462 g/mol. The third-order valence-electron chi connectivity index (χ3n) is 5.97. The van der Waals surface area contributed by atoms with Crippen LogP contribution in [0.3, 0.4) is 0 Å². The Morgan fingerprint density at radius 1 is 1.00 bits per heavy atom. The quantitative estimate of drug-likeness (QED) is 0.543. The lowest BCUT2D eigenvalue weighted by atomic mass is 10.00. The second-order valence-corrected chi connectivity index (χ2v) is 8.16. The van der Waals surface area contributed by atoms with Crippen LogP contribution in [0.5, 0.6) is 11.5 Å². The van der Waals surface area contributed by atoms with Crippen molar-refractivity contribution in [2.24, 2.45) is 0 Å². The van der Waals surface area contributed by atoms with E-state index in [0.717, 1.165) is 11.1 Å². The first-order chi connectivity index (χ1) is 16.5. The topological polar surface area (TPSA) is 59.1 Å². The maximum Gasteiger partial charge on any atom is 0.254 e. The highest BCUT2D eigenvalue weighted by atomic mass is 19.1. The molecule has 3 aromatic carbocycles. The van der Waals surface area contributed by atoms with Crippen molar-refractivity contribution < 1.29 is 23.5 Å². The summed E-state index contributed by atoms with van der Waals surface area (Å²) in [5, 5.41) is 0. The van der Waals surface area contributed by atoms with Crippen LogP contribution < -0.4 is 9.47 Å². The normalized spacial score (nSPS) is 15.7. The summed E-state index contributed by atoms with van der Waals surface area (Å²) in [6.45, 7) is 3.04. The highest BCUT2D eigenvalue weighted by Gasteiger charge is 2.34. The molecule has 34 heavy (non-hydrogen) atoms. The molecule has 1 heterocycles. The van der Waals surface area contributed by atoms with Gasteiger partial charge in [0.2, 0.25) is 5.91 Å². The van der Waals surface area contributed by atoms with Crippen LogP contribution in [0.15, 0.2) is 72.8 Å². The zero-order valence-corrected chi connectivity index (χ0v) is 19.2. The highest BCUT2D eigenvalue weighted by molar-refractivity contribution is 5.95. The highest BCUT2D eigenvalue weighted by Crippen LogP contribution is 2.33. The van der Waals surface area contributed by atoms with Crippen LogP contribution in [0.4, 0.5) is 4.39 Å². The van der Waals surface area contributed by atoms with E-state index in [1.807, 2.05) is 24.3 Å². The number of nitrogens with zero attached hydrogens (tertiary/aromatic N) is 2. The van der Waals surface area contributed by atoms with Gasteiger partial charge in [0.25, 0.3) is 5.91 Å². The van der Waals surface area contributed by atoms with Gasteiger partial charge in [0, 0.05) is 37.7 Å². The molecule has 1 fully saturated rings. The molecule has 0 saturated carbocycles. The summed E-state index contributed by atoms with van der Waals surface area (Å²) >= 11 is 0. The van der Waals surface area contributed by atoms with Gasteiger partial charge in [0.1, 0.15) is 23.9 Å². The average Bonchev–Trinajstić information content (AvgIpc) is 2.87. The zero-order valence-electron chi connectivity index (χ0n) is 19.2. The van der Waals surface area contributed by atoms with Crippen LogP contribution in [0, 0.1) is 5.82 Å². The van der Waals surface area contributed by atoms with E-state index in [0.29, 0.717) is 36.7 Å². The van der Waals surface area contributed by atoms with Gasteiger partial charge in [-0.15, -0.1) is 0 Å². The molecule has 0 radical (unpaired) electrons. The number of rotatable bonds is 6. The number of halogens is 1. The van der Waals surface area contributed by atoms with E-state index in [2.05, 4.69) is 0 Å². The molecule has 0 spiro atoms. The molecular weight excluding hydrogens is 435 g/mol. The molecule has 0 aliphatic carbocycles. The molecule has 0 bridgehead atoms. The smallest absolute Gasteiger partial charge is 0.254 e. The first-order valence-corrected chi connectivity index (χ1v) is 11.1. The third kappa shape index (κ3) is 5.20. The Morgan fingerprint density at radius 3 is 2.50 bits per heavy atom. The minimum atomic E-state index is -0.302. The van der Waals surface area contributed by atoms with Gasteiger partial charge < -0.3 is 19.3 Å². The van der Waals surface area contributed by atoms with Gasteiger partial charge in [-0.1, -0.05) is 36.4 Å². The summed E-state index contributed by atoms with van der Waals surface area (Å²) in [5.74, 6) is 0.769. The third-order valence-corrected chi connectivity index (χ3v) is 5.97. The van der Waals surface area contributed by atoms with E-state index in [-0.39, 0.29) is 30.3 Å². The van der Waals surface area contributed by atoms with E-state index in [1.54, 1.807) is 60.2 Å². The Kier molecular flexibility index (Phi) is 7.11. The Balaban J connectivity index is 1.50. The maximum absolute atomic E-state index is 13.4. The largest absolute Gasteiger partial charge is 0.496 e. The molecule has 2 amide bonds. The Labute approximate surface area is 198 Å². The van der Waals surface area contributed by atoms with Crippen LogP contribution in [0.1, 0.15) is 34.5 Å². The molecule has 4 rings (SSSR count). The Morgan fingerprint density at radius 2 is 1.76 bits per heavy atom. The Hall–Kier alpha value is -3.87. The fourth-order valence-electron chi connectivity index (χ4n) is 4.20. The number of hydrogen-bond donors (Lipinski definition) is 0. The van der Waals surface area contributed by atoms with Crippen molar-refractivity contribution in [2.45, 2.75) is 19.6 Å². The predicted octanol–water partition coefficient (Wildman–Crippen LogP) is 4.46. The standard InChI is InChI=1S/C27H27FN2O4/c1-19(31)30-15-14-29(17-25(30)24-8-3-4-9-26(24)33-2)27(32)21-6-5-7-23(16-21)34-18-20-10-12-22(28)13-11-20/h3-13,16,25H,14-15,17-18H2,1-2H3. The molecule has 1 aliphatic rings. The van der Waals surface area contributed by atoms with E-state index < -0.39 is 0 Å². The zero-order chi connectivity index (χ0) is 24.1. The first kappa shape index (κ1) is 23.3. The molecule has 7 heteroatoms.